The number of carbonyl (C=O) groups excluding carboxylic acids is 2. The van der Waals surface area contributed by atoms with Gasteiger partial charge in [0.25, 0.3) is 0 Å². The first-order valence-electron chi connectivity index (χ1n) is 8.12. The number of hydrogen-bond acceptors (Lipinski definition) is 2. The van der Waals surface area contributed by atoms with Crippen molar-refractivity contribution in [3.05, 3.63) is 34.4 Å². The van der Waals surface area contributed by atoms with E-state index in [-0.39, 0.29) is 10.8 Å². The highest BCUT2D eigenvalue weighted by Crippen LogP contribution is 2.27. The number of aryl methyl sites for hydroxylation is 2. The highest BCUT2D eigenvalue weighted by molar-refractivity contribution is 5.84. The first-order chi connectivity index (χ1) is 10.1. The summed E-state index contributed by atoms with van der Waals surface area (Å²) < 4.78 is 0. The molecule has 0 fully saturated rings. The van der Waals surface area contributed by atoms with Crippen LogP contribution in [0, 0.1) is 10.8 Å². The second kappa shape index (κ2) is 7.21. The Balaban J connectivity index is 3.06. The predicted molar refractivity (Wildman–Crippen MR) is 92.8 cm³/mol. The number of rotatable bonds is 6. The van der Waals surface area contributed by atoms with Crippen molar-refractivity contribution < 1.29 is 9.59 Å². The van der Waals surface area contributed by atoms with Gasteiger partial charge in [0.05, 0.1) is 0 Å². The van der Waals surface area contributed by atoms with Crippen LogP contribution in [0.1, 0.15) is 86.2 Å². The lowest BCUT2D eigenvalue weighted by Crippen LogP contribution is -2.10. The molecule has 0 saturated heterocycles. The molecular formula is C20H30O2. The van der Waals surface area contributed by atoms with Crippen LogP contribution in [0.5, 0.6) is 0 Å². The second-order valence-electron chi connectivity index (χ2n) is 8.61. The van der Waals surface area contributed by atoms with Crippen LogP contribution < -0.4 is 0 Å². The molecule has 22 heavy (non-hydrogen) atoms. The average Bonchev–Trinajstić information content (AvgIpc) is 2.40. The van der Waals surface area contributed by atoms with Crippen molar-refractivity contribution in [3.63, 3.8) is 0 Å². The van der Waals surface area contributed by atoms with Gasteiger partial charge in [-0.25, -0.2) is 0 Å². The maximum absolute atomic E-state index is 11.4. The largest absolute Gasteiger partial charge is 0.298 e. The van der Waals surface area contributed by atoms with Gasteiger partial charge in [0.1, 0.15) is 12.6 Å². The van der Waals surface area contributed by atoms with Crippen molar-refractivity contribution in [2.45, 2.75) is 67.2 Å². The lowest BCUT2D eigenvalue weighted by molar-refractivity contribution is 0.111. The molecule has 0 bridgehead atoms. The molecule has 1 rings (SSSR count). The molecule has 0 aliphatic carbocycles. The Bertz CT molecular complexity index is 478. The Morgan fingerprint density at radius 3 is 1.27 bits per heavy atom. The summed E-state index contributed by atoms with van der Waals surface area (Å²) >= 11 is 0. The Morgan fingerprint density at radius 2 is 1.05 bits per heavy atom. The molecule has 0 aliphatic heterocycles. The van der Waals surface area contributed by atoms with E-state index >= 15 is 0 Å². The molecule has 0 aliphatic rings. The fraction of sp³-hybridized carbons (Fsp3) is 0.600. The monoisotopic (exact) mass is 302 g/mol. The maximum atomic E-state index is 11.4. The van der Waals surface area contributed by atoms with E-state index in [1.807, 2.05) is 12.1 Å². The average molecular weight is 302 g/mol. The minimum Gasteiger partial charge on any atom is -0.298 e. The SMILES string of the molecule is CC(C)(C)CCc1cc(C=O)c(CCC(C)(C)C)cc1C=O. The normalized spacial score (nSPS) is 12.3. The summed E-state index contributed by atoms with van der Waals surface area (Å²) in [5.74, 6) is 0. The highest BCUT2D eigenvalue weighted by atomic mass is 16.1. The molecule has 0 heterocycles. The van der Waals surface area contributed by atoms with Crippen LogP contribution in [0.3, 0.4) is 0 Å². The third-order valence-corrected chi connectivity index (χ3v) is 3.94. The molecule has 0 unspecified atom stereocenters. The Labute approximate surface area is 135 Å². The van der Waals surface area contributed by atoms with Gasteiger partial charge in [-0.15, -0.1) is 0 Å². The third kappa shape index (κ3) is 6.13. The van der Waals surface area contributed by atoms with Crippen LogP contribution in [-0.2, 0) is 12.8 Å². The van der Waals surface area contributed by atoms with Crippen LogP contribution in [0.2, 0.25) is 0 Å². The third-order valence-electron chi connectivity index (χ3n) is 3.94. The van der Waals surface area contributed by atoms with Crippen LogP contribution in [0.15, 0.2) is 12.1 Å². The van der Waals surface area contributed by atoms with E-state index in [1.54, 1.807) is 0 Å². The lowest BCUT2D eigenvalue weighted by atomic mass is 9.84. The molecule has 2 heteroatoms. The van der Waals surface area contributed by atoms with E-state index in [0.717, 1.165) is 60.5 Å². The van der Waals surface area contributed by atoms with Crippen molar-refractivity contribution in [1.29, 1.82) is 0 Å². The van der Waals surface area contributed by atoms with Gasteiger partial charge in [-0.05, 0) is 59.8 Å². The van der Waals surface area contributed by atoms with Crippen molar-refractivity contribution in [3.8, 4) is 0 Å². The second-order valence-corrected chi connectivity index (χ2v) is 8.61. The van der Waals surface area contributed by atoms with Gasteiger partial charge >= 0.3 is 0 Å². The van der Waals surface area contributed by atoms with E-state index in [4.69, 9.17) is 0 Å². The summed E-state index contributed by atoms with van der Waals surface area (Å²) in [7, 11) is 0. The van der Waals surface area contributed by atoms with Crippen LogP contribution >= 0.6 is 0 Å². The van der Waals surface area contributed by atoms with Crippen molar-refractivity contribution >= 4 is 12.6 Å². The summed E-state index contributed by atoms with van der Waals surface area (Å²) in [5.41, 5.74) is 3.88. The molecule has 0 saturated carbocycles. The highest BCUT2D eigenvalue weighted by Gasteiger charge is 2.16. The minimum absolute atomic E-state index is 0.215. The van der Waals surface area contributed by atoms with Crippen molar-refractivity contribution in [2.75, 3.05) is 0 Å². The van der Waals surface area contributed by atoms with E-state index in [9.17, 15) is 9.59 Å². The standard InChI is InChI=1S/C20H30O2/c1-19(2,3)9-7-15-11-18(14-22)16(12-17(15)13-21)8-10-20(4,5)6/h11-14H,7-10H2,1-6H3. The minimum atomic E-state index is 0.215. The zero-order chi connectivity index (χ0) is 17.0. The first kappa shape index (κ1) is 18.6. The molecular weight excluding hydrogens is 272 g/mol. The van der Waals surface area contributed by atoms with E-state index in [1.165, 1.54) is 0 Å². The number of benzene rings is 1. The van der Waals surface area contributed by atoms with E-state index < -0.39 is 0 Å². The predicted octanol–water partition coefficient (Wildman–Crippen LogP) is 5.27. The fourth-order valence-corrected chi connectivity index (χ4v) is 2.40. The lowest BCUT2D eigenvalue weighted by Gasteiger charge is -2.20. The summed E-state index contributed by atoms with van der Waals surface area (Å²) in [5, 5.41) is 0. The molecule has 122 valence electrons. The van der Waals surface area contributed by atoms with E-state index in [0.29, 0.717) is 0 Å². The Morgan fingerprint density at radius 1 is 0.727 bits per heavy atom. The van der Waals surface area contributed by atoms with Gasteiger partial charge in [-0.1, -0.05) is 41.5 Å². The van der Waals surface area contributed by atoms with Crippen LogP contribution in [0.4, 0.5) is 0 Å². The van der Waals surface area contributed by atoms with Crippen molar-refractivity contribution in [2.24, 2.45) is 10.8 Å². The fourth-order valence-electron chi connectivity index (χ4n) is 2.40. The number of hydrogen-bond donors (Lipinski definition) is 0. The van der Waals surface area contributed by atoms with Crippen molar-refractivity contribution in [1.82, 2.24) is 0 Å². The molecule has 2 nitrogen and oxygen atoms in total. The summed E-state index contributed by atoms with van der Waals surface area (Å²) in [4.78, 5) is 22.8. The summed E-state index contributed by atoms with van der Waals surface area (Å²) in [6.45, 7) is 13.1. The van der Waals surface area contributed by atoms with E-state index in [2.05, 4.69) is 41.5 Å². The molecule has 1 aromatic carbocycles. The summed E-state index contributed by atoms with van der Waals surface area (Å²) in [6.07, 6.45) is 5.50. The van der Waals surface area contributed by atoms with Gasteiger partial charge in [0.2, 0.25) is 0 Å². The molecule has 0 aromatic heterocycles. The van der Waals surface area contributed by atoms with Crippen LogP contribution in [0.25, 0.3) is 0 Å². The van der Waals surface area contributed by atoms with Gasteiger partial charge in [0.15, 0.2) is 0 Å². The molecule has 0 radical (unpaired) electrons. The topological polar surface area (TPSA) is 34.1 Å². The van der Waals surface area contributed by atoms with Crippen LogP contribution in [-0.4, -0.2) is 12.6 Å². The molecule has 0 atom stereocenters. The Kier molecular flexibility index (Phi) is 6.10. The zero-order valence-corrected chi connectivity index (χ0v) is 15.0. The number of aldehydes is 2. The van der Waals surface area contributed by atoms with Gasteiger partial charge in [0, 0.05) is 11.1 Å². The smallest absolute Gasteiger partial charge is 0.150 e. The molecule has 0 spiro atoms. The van der Waals surface area contributed by atoms with Gasteiger partial charge in [-0.2, -0.15) is 0 Å². The number of carbonyl (C=O) groups is 2. The quantitative estimate of drug-likeness (QED) is 0.671. The summed E-state index contributed by atoms with van der Waals surface area (Å²) in [6, 6.07) is 3.83. The maximum Gasteiger partial charge on any atom is 0.150 e. The van der Waals surface area contributed by atoms with Gasteiger partial charge in [-0.3, -0.25) is 9.59 Å². The van der Waals surface area contributed by atoms with Gasteiger partial charge < -0.3 is 0 Å². The first-order valence-corrected chi connectivity index (χ1v) is 8.12. The molecule has 0 amide bonds. The molecule has 1 aromatic rings. The molecule has 0 N–H and O–H groups in total. The zero-order valence-electron chi connectivity index (χ0n) is 15.0. The Hall–Kier alpha value is -1.44.